The van der Waals surface area contributed by atoms with Gasteiger partial charge in [0, 0.05) is 12.8 Å². The highest BCUT2D eigenvalue weighted by molar-refractivity contribution is 5.45. The molecular formula is C17H23NO4. The lowest BCUT2D eigenvalue weighted by Crippen LogP contribution is -2.38. The number of ether oxygens (including phenoxy) is 4. The first-order chi connectivity index (χ1) is 10.6. The first-order valence-corrected chi connectivity index (χ1v) is 7.51. The predicted octanol–water partition coefficient (Wildman–Crippen LogP) is 2.78. The topological polar surface area (TPSA) is 60.7 Å². The van der Waals surface area contributed by atoms with Crippen LogP contribution < -0.4 is 9.47 Å². The summed E-state index contributed by atoms with van der Waals surface area (Å²) in [6.07, 6.45) is 1.23. The normalized spacial score (nSPS) is 16.8. The van der Waals surface area contributed by atoms with E-state index in [1.807, 2.05) is 26.0 Å². The summed E-state index contributed by atoms with van der Waals surface area (Å²) in [5.41, 5.74) is 1.34. The summed E-state index contributed by atoms with van der Waals surface area (Å²) in [6.45, 7) is 5.93. The first-order valence-electron chi connectivity index (χ1n) is 7.51. The summed E-state index contributed by atoms with van der Waals surface area (Å²) < 4.78 is 22.1. The van der Waals surface area contributed by atoms with Gasteiger partial charge < -0.3 is 18.9 Å². The van der Waals surface area contributed by atoms with Crippen LogP contribution in [0.5, 0.6) is 11.5 Å². The molecule has 1 heterocycles. The number of aryl methyl sites for hydroxylation is 2. The maximum Gasteiger partial charge on any atom is 0.158 e. The maximum atomic E-state index is 9.32. The Hall–Kier alpha value is -1.77. The average Bonchev–Trinajstić information content (AvgIpc) is 2.54. The Morgan fingerprint density at radius 2 is 1.82 bits per heavy atom. The van der Waals surface area contributed by atoms with Crippen molar-refractivity contribution in [2.75, 3.05) is 33.5 Å². The van der Waals surface area contributed by atoms with Crippen molar-refractivity contribution in [3.8, 4) is 17.6 Å². The van der Waals surface area contributed by atoms with Crippen LogP contribution in [0, 0.1) is 25.2 Å². The van der Waals surface area contributed by atoms with E-state index in [1.54, 1.807) is 7.11 Å². The molecule has 0 N–H and O–H groups in total. The molecule has 5 heteroatoms. The van der Waals surface area contributed by atoms with E-state index in [-0.39, 0.29) is 0 Å². The minimum atomic E-state index is -0.717. The monoisotopic (exact) mass is 305 g/mol. The Morgan fingerprint density at radius 3 is 2.36 bits per heavy atom. The van der Waals surface area contributed by atoms with Crippen LogP contribution in [0.25, 0.3) is 0 Å². The minimum absolute atomic E-state index is 0.387. The third-order valence-corrected chi connectivity index (χ3v) is 3.88. The van der Waals surface area contributed by atoms with Crippen LogP contribution in [0.1, 0.15) is 24.0 Å². The zero-order valence-corrected chi connectivity index (χ0v) is 13.5. The number of nitrogens with zero attached hydrogens (tertiary/aromatic N) is 1. The molecule has 2 rings (SSSR count). The molecule has 1 aromatic carbocycles. The number of hydrogen-bond acceptors (Lipinski definition) is 5. The SMILES string of the molecule is COc1cc(C)c(OCCOC2(C#N)CCOCC2)c(C)c1. The fourth-order valence-electron chi connectivity index (χ4n) is 2.63. The van der Waals surface area contributed by atoms with Crippen molar-refractivity contribution in [2.24, 2.45) is 0 Å². The largest absolute Gasteiger partial charge is 0.497 e. The Morgan fingerprint density at radius 1 is 1.18 bits per heavy atom. The fraction of sp³-hybridized carbons (Fsp3) is 0.588. The van der Waals surface area contributed by atoms with Crippen LogP contribution in [-0.4, -0.2) is 39.1 Å². The number of methoxy groups -OCH3 is 1. The Balaban J connectivity index is 1.88. The molecule has 1 saturated heterocycles. The Kier molecular flexibility index (Phi) is 5.64. The van der Waals surface area contributed by atoms with E-state index in [0.717, 1.165) is 22.6 Å². The number of hydrogen-bond donors (Lipinski definition) is 0. The summed E-state index contributed by atoms with van der Waals surface area (Å²) in [7, 11) is 1.65. The molecule has 1 fully saturated rings. The van der Waals surface area contributed by atoms with Gasteiger partial charge in [0.2, 0.25) is 0 Å². The molecule has 0 aromatic heterocycles. The van der Waals surface area contributed by atoms with Crippen LogP contribution in [0.2, 0.25) is 0 Å². The zero-order chi connectivity index (χ0) is 16.0. The molecule has 1 aliphatic rings. The van der Waals surface area contributed by atoms with E-state index in [9.17, 15) is 5.26 Å². The van der Waals surface area contributed by atoms with Crippen LogP contribution in [0.15, 0.2) is 12.1 Å². The molecule has 0 unspecified atom stereocenters. The van der Waals surface area contributed by atoms with Crippen molar-refractivity contribution in [3.05, 3.63) is 23.3 Å². The molecule has 0 spiro atoms. The summed E-state index contributed by atoms with van der Waals surface area (Å²) in [6, 6.07) is 6.17. The highest BCUT2D eigenvalue weighted by Gasteiger charge is 2.33. The quantitative estimate of drug-likeness (QED) is 0.756. The van der Waals surface area contributed by atoms with Crippen molar-refractivity contribution in [1.29, 1.82) is 5.26 Å². The van der Waals surface area contributed by atoms with E-state index in [0.29, 0.717) is 39.3 Å². The lowest BCUT2D eigenvalue weighted by molar-refractivity contribution is -0.0816. The Labute approximate surface area is 131 Å². The lowest BCUT2D eigenvalue weighted by atomic mass is 9.96. The van der Waals surface area contributed by atoms with Crippen LogP contribution in [0.3, 0.4) is 0 Å². The van der Waals surface area contributed by atoms with E-state index >= 15 is 0 Å². The molecule has 0 saturated carbocycles. The van der Waals surface area contributed by atoms with E-state index in [2.05, 4.69) is 6.07 Å². The standard InChI is InChI=1S/C17H23NO4/c1-13-10-15(19-3)11-14(2)16(13)21-8-9-22-17(12-18)4-6-20-7-5-17/h10-11H,4-9H2,1-3H3. The van der Waals surface area contributed by atoms with Gasteiger partial charge in [0.05, 0.1) is 33.0 Å². The van der Waals surface area contributed by atoms with Crippen molar-refractivity contribution < 1.29 is 18.9 Å². The molecule has 0 atom stereocenters. The second kappa shape index (κ2) is 7.48. The molecule has 5 nitrogen and oxygen atoms in total. The van der Waals surface area contributed by atoms with Crippen LogP contribution in [0.4, 0.5) is 0 Å². The fourth-order valence-corrected chi connectivity index (χ4v) is 2.63. The minimum Gasteiger partial charge on any atom is -0.497 e. The van der Waals surface area contributed by atoms with Crippen LogP contribution in [-0.2, 0) is 9.47 Å². The van der Waals surface area contributed by atoms with Crippen molar-refractivity contribution >= 4 is 0 Å². The number of nitriles is 1. The van der Waals surface area contributed by atoms with Gasteiger partial charge in [0.25, 0.3) is 0 Å². The zero-order valence-electron chi connectivity index (χ0n) is 13.5. The highest BCUT2D eigenvalue weighted by atomic mass is 16.5. The number of benzene rings is 1. The number of rotatable bonds is 6. The summed E-state index contributed by atoms with van der Waals surface area (Å²) >= 11 is 0. The van der Waals surface area contributed by atoms with Gasteiger partial charge in [0.15, 0.2) is 5.60 Å². The molecule has 22 heavy (non-hydrogen) atoms. The predicted molar refractivity (Wildman–Crippen MR) is 82.3 cm³/mol. The van der Waals surface area contributed by atoms with E-state index in [4.69, 9.17) is 18.9 Å². The molecule has 0 radical (unpaired) electrons. The summed E-state index contributed by atoms with van der Waals surface area (Å²) in [5, 5.41) is 9.32. The molecule has 0 aliphatic carbocycles. The lowest BCUT2D eigenvalue weighted by Gasteiger charge is -2.30. The van der Waals surface area contributed by atoms with Gasteiger partial charge in [-0.3, -0.25) is 0 Å². The summed E-state index contributed by atoms with van der Waals surface area (Å²) in [5.74, 6) is 1.67. The molecule has 120 valence electrons. The third-order valence-electron chi connectivity index (χ3n) is 3.88. The maximum absolute atomic E-state index is 9.32. The molecule has 1 aromatic rings. The second-order valence-electron chi connectivity index (χ2n) is 5.51. The summed E-state index contributed by atoms with van der Waals surface area (Å²) in [4.78, 5) is 0. The highest BCUT2D eigenvalue weighted by Crippen LogP contribution is 2.28. The van der Waals surface area contributed by atoms with Gasteiger partial charge >= 0.3 is 0 Å². The molecule has 1 aliphatic heterocycles. The van der Waals surface area contributed by atoms with Crippen molar-refractivity contribution in [3.63, 3.8) is 0 Å². The van der Waals surface area contributed by atoms with Gasteiger partial charge in [-0.05, 0) is 37.1 Å². The molecule has 0 amide bonds. The van der Waals surface area contributed by atoms with Crippen LogP contribution >= 0.6 is 0 Å². The van der Waals surface area contributed by atoms with Gasteiger partial charge in [-0.25, -0.2) is 0 Å². The van der Waals surface area contributed by atoms with Gasteiger partial charge in [-0.15, -0.1) is 0 Å². The molecule has 0 bridgehead atoms. The van der Waals surface area contributed by atoms with Crippen molar-refractivity contribution in [1.82, 2.24) is 0 Å². The van der Waals surface area contributed by atoms with Gasteiger partial charge in [-0.2, -0.15) is 5.26 Å². The Bertz CT molecular complexity index is 521. The van der Waals surface area contributed by atoms with E-state index in [1.165, 1.54) is 0 Å². The smallest absolute Gasteiger partial charge is 0.158 e. The van der Waals surface area contributed by atoms with E-state index < -0.39 is 5.60 Å². The molecular weight excluding hydrogens is 282 g/mol. The van der Waals surface area contributed by atoms with Crippen molar-refractivity contribution in [2.45, 2.75) is 32.3 Å². The van der Waals surface area contributed by atoms with Gasteiger partial charge in [-0.1, -0.05) is 0 Å². The second-order valence-corrected chi connectivity index (χ2v) is 5.51. The van der Waals surface area contributed by atoms with Gasteiger partial charge in [0.1, 0.15) is 18.1 Å². The first kappa shape index (κ1) is 16.6. The third kappa shape index (κ3) is 3.90. The average molecular weight is 305 g/mol.